The molecule has 0 aliphatic heterocycles. The first-order chi connectivity index (χ1) is 6.46. The third-order valence-electron chi connectivity index (χ3n) is 2.57. The summed E-state index contributed by atoms with van der Waals surface area (Å²) in [6.07, 6.45) is 2.45. The quantitative estimate of drug-likeness (QED) is 0.631. The minimum Gasteiger partial charge on any atom is -0.368 e. The topological polar surface area (TPSA) is 26.3 Å². The fraction of sp³-hybridized carbons (Fsp3) is 0.917. The molecule has 84 valence electrons. The molecule has 0 radical (unpaired) electrons. The van der Waals surface area contributed by atoms with Crippen molar-refractivity contribution >= 4 is 5.78 Å². The average molecular weight is 200 g/mol. The van der Waals surface area contributed by atoms with Crippen molar-refractivity contribution in [2.45, 2.75) is 59.5 Å². The molecule has 0 spiro atoms. The number of ketones is 1. The molecule has 0 saturated heterocycles. The van der Waals surface area contributed by atoms with Crippen LogP contribution in [0.2, 0.25) is 0 Å². The standard InChI is InChI=1S/C12H24O2/c1-6-11(13)12(5,14-7-2)9-8-10(3)4/h10H,6-9H2,1-5H3. The molecule has 0 amide bonds. The van der Waals surface area contributed by atoms with E-state index < -0.39 is 5.60 Å². The van der Waals surface area contributed by atoms with Gasteiger partial charge in [0.25, 0.3) is 0 Å². The Hall–Kier alpha value is -0.370. The Kier molecular flexibility index (Phi) is 6.01. The maximum Gasteiger partial charge on any atom is 0.164 e. The first kappa shape index (κ1) is 13.6. The Morgan fingerprint density at radius 2 is 1.93 bits per heavy atom. The summed E-state index contributed by atoms with van der Waals surface area (Å²) in [6, 6.07) is 0. The summed E-state index contributed by atoms with van der Waals surface area (Å²) < 4.78 is 5.58. The minimum atomic E-state index is -0.548. The highest BCUT2D eigenvalue weighted by Gasteiger charge is 2.31. The van der Waals surface area contributed by atoms with Gasteiger partial charge < -0.3 is 4.74 Å². The number of ether oxygens (including phenoxy) is 1. The van der Waals surface area contributed by atoms with E-state index in [0.717, 1.165) is 12.8 Å². The van der Waals surface area contributed by atoms with Gasteiger partial charge in [0.15, 0.2) is 5.78 Å². The fourth-order valence-corrected chi connectivity index (χ4v) is 1.55. The second-order valence-corrected chi connectivity index (χ2v) is 4.37. The summed E-state index contributed by atoms with van der Waals surface area (Å²) in [5.41, 5.74) is -0.548. The lowest BCUT2D eigenvalue weighted by Gasteiger charge is -2.28. The summed E-state index contributed by atoms with van der Waals surface area (Å²) in [4.78, 5) is 11.7. The maximum absolute atomic E-state index is 11.7. The lowest BCUT2D eigenvalue weighted by molar-refractivity contribution is -0.143. The van der Waals surface area contributed by atoms with Gasteiger partial charge in [0, 0.05) is 13.0 Å². The van der Waals surface area contributed by atoms with Crippen molar-refractivity contribution < 1.29 is 9.53 Å². The Morgan fingerprint density at radius 1 is 1.36 bits per heavy atom. The van der Waals surface area contributed by atoms with Gasteiger partial charge in [-0.25, -0.2) is 0 Å². The first-order valence-corrected chi connectivity index (χ1v) is 5.63. The smallest absolute Gasteiger partial charge is 0.164 e. The number of rotatable bonds is 7. The van der Waals surface area contributed by atoms with Crippen molar-refractivity contribution in [1.29, 1.82) is 0 Å². The van der Waals surface area contributed by atoms with Crippen molar-refractivity contribution in [3.63, 3.8) is 0 Å². The monoisotopic (exact) mass is 200 g/mol. The van der Waals surface area contributed by atoms with Crippen molar-refractivity contribution in [3.05, 3.63) is 0 Å². The Labute approximate surface area is 88.0 Å². The number of hydrogen-bond acceptors (Lipinski definition) is 2. The molecule has 0 aromatic heterocycles. The molecule has 0 rings (SSSR count). The van der Waals surface area contributed by atoms with E-state index in [1.807, 2.05) is 20.8 Å². The summed E-state index contributed by atoms with van der Waals surface area (Å²) >= 11 is 0. The average Bonchev–Trinajstić information content (AvgIpc) is 2.14. The fourth-order valence-electron chi connectivity index (χ4n) is 1.55. The van der Waals surface area contributed by atoms with E-state index in [1.165, 1.54) is 0 Å². The molecule has 0 bridgehead atoms. The first-order valence-electron chi connectivity index (χ1n) is 5.63. The zero-order valence-electron chi connectivity index (χ0n) is 10.2. The molecule has 0 aromatic carbocycles. The van der Waals surface area contributed by atoms with Crippen molar-refractivity contribution in [2.24, 2.45) is 5.92 Å². The van der Waals surface area contributed by atoms with Crippen LogP contribution >= 0.6 is 0 Å². The third-order valence-corrected chi connectivity index (χ3v) is 2.57. The molecular formula is C12H24O2. The maximum atomic E-state index is 11.7. The molecule has 0 heterocycles. The SMILES string of the molecule is CCOC(C)(CCC(C)C)C(=O)CC. The summed E-state index contributed by atoms with van der Waals surface area (Å²) in [6.45, 7) is 10.7. The van der Waals surface area contributed by atoms with E-state index in [9.17, 15) is 4.79 Å². The molecule has 0 aliphatic carbocycles. The Bertz CT molecular complexity index is 175. The van der Waals surface area contributed by atoms with Gasteiger partial charge in [-0.1, -0.05) is 20.8 Å². The molecule has 0 N–H and O–H groups in total. The van der Waals surface area contributed by atoms with Crippen LogP contribution in [-0.2, 0) is 9.53 Å². The van der Waals surface area contributed by atoms with E-state index in [2.05, 4.69) is 13.8 Å². The largest absolute Gasteiger partial charge is 0.368 e. The van der Waals surface area contributed by atoms with E-state index in [-0.39, 0.29) is 5.78 Å². The van der Waals surface area contributed by atoms with E-state index in [1.54, 1.807) is 0 Å². The van der Waals surface area contributed by atoms with Gasteiger partial charge in [-0.15, -0.1) is 0 Å². The number of Topliss-reactive ketones (excluding diaryl/α,β-unsaturated/α-hetero) is 1. The van der Waals surface area contributed by atoms with E-state index >= 15 is 0 Å². The Morgan fingerprint density at radius 3 is 2.29 bits per heavy atom. The van der Waals surface area contributed by atoms with Gasteiger partial charge >= 0.3 is 0 Å². The van der Waals surface area contributed by atoms with Gasteiger partial charge in [-0.05, 0) is 32.6 Å². The van der Waals surface area contributed by atoms with Crippen molar-refractivity contribution in [1.82, 2.24) is 0 Å². The molecule has 2 nitrogen and oxygen atoms in total. The van der Waals surface area contributed by atoms with Crippen molar-refractivity contribution in [2.75, 3.05) is 6.61 Å². The summed E-state index contributed by atoms with van der Waals surface area (Å²) in [7, 11) is 0. The predicted molar refractivity (Wildman–Crippen MR) is 59.4 cm³/mol. The van der Waals surface area contributed by atoms with Crippen molar-refractivity contribution in [3.8, 4) is 0 Å². The number of hydrogen-bond donors (Lipinski definition) is 0. The molecule has 1 unspecified atom stereocenters. The van der Waals surface area contributed by atoms with Crippen LogP contribution in [0.5, 0.6) is 0 Å². The van der Waals surface area contributed by atoms with Crippen LogP contribution in [-0.4, -0.2) is 18.0 Å². The van der Waals surface area contributed by atoms with Crippen LogP contribution in [0.1, 0.15) is 53.9 Å². The predicted octanol–water partition coefficient (Wildman–Crippen LogP) is 3.20. The molecule has 0 aromatic rings. The van der Waals surface area contributed by atoms with Crippen LogP contribution in [0.25, 0.3) is 0 Å². The zero-order chi connectivity index (χ0) is 11.2. The van der Waals surface area contributed by atoms with Gasteiger partial charge in [0.1, 0.15) is 5.60 Å². The molecule has 1 atom stereocenters. The van der Waals surface area contributed by atoms with Gasteiger partial charge in [0.05, 0.1) is 0 Å². The molecular weight excluding hydrogens is 176 g/mol. The minimum absolute atomic E-state index is 0.222. The molecule has 14 heavy (non-hydrogen) atoms. The molecule has 0 saturated carbocycles. The van der Waals surface area contributed by atoms with Crippen LogP contribution in [0.15, 0.2) is 0 Å². The van der Waals surface area contributed by atoms with Gasteiger partial charge in [0.2, 0.25) is 0 Å². The van der Waals surface area contributed by atoms with E-state index in [0.29, 0.717) is 18.9 Å². The zero-order valence-corrected chi connectivity index (χ0v) is 10.2. The van der Waals surface area contributed by atoms with Crippen LogP contribution in [0.4, 0.5) is 0 Å². The Balaban J connectivity index is 4.30. The van der Waals surface area contributed by atoms with Gasteiger partial charge in [-0.3, -0.25) is 4.79 Å². The normalized spacial score (nSPS) is 15.6. The highest BCUT2D eigenvalue weighted by Crippen LogP contribution is 2.23. The third kappa shape index (κ3) is 4.23. The van der Waals surface area contributed by atoms with Crippen LogP contribution in [0.3, 0.4) is 0 Å². The van der Waals surface area contributed by atoms with Gasteiger partial charge in [-0.2, -0.15) is 0 Å². The van der Waals surface area contributed by atoms with Crippen LogP contribution < -0.4 is 0 Å². The molecule has 0 aliphatic rings. The lowest BCUT2D eigenvalue weighted by atomic mass is 9.90. The number of carbonyl (C=O) groups is 1. The second kappa shape index (κ2) is 6.18. The molecule has 2 heteroatoms. The number of carbonyl (C=O) groups excluding carboxylic acids is 1. The summed E-state index contributed by atoms with van der Waals surface area (Å²) in [5, 5.41) is 0. The highest BCUT2D eigenvalue weighted by molar-refractivity contribution is 5.86. The second-order valence-electron chi connectivity index (χ2n) is 4.37. The van der Waals surface area contributed by atoms with Crippen LogP contribution in [0, 0.1) is 5.92 Å². The highest BCUT2D eigenvalue weighted by atomic mass is 16.5. The summed E-state index contributed by atoms with van der Waals surface area (Å²) in [5.74, 6) is 0.847. The molecule has 0 fully saturated rings. The van der Waals surface area contributed by atoms with E-state index in [4.69, 9.17) is 4.74 Å². The lowest BCUT2D eigenvalue weighted by Crippen LogP contribution is -2.38.